The molecule has 1 aliphatic heterocycles. The lowest BCUT2D eigenvalue weighted by Crippen LogP contribution is -2.58. The van der Waals surface area contributed by atoms with E-state index >= 15 is 0 Å². The summed E-state index contributed by atoms with van der Waals surface area (Å²) in [4.78, 5) is 17.1. The van der Waals surface area contributed by atoms with Gasteiger partial charge in [-0.05, 0) is 49.7 Å². The van der Waals surface area contributed by atoms with Crippen molar-refractivity contribution in [3.05, 3.63) is 63.1 Å². The first kappa shape index (κ1) is 25.0. The Kier molecular flexibility index (Phi) is 8.21. The van der Waals surface area contributed by atoms with E-state index in [1.807, 2.05) is 36.1 Å². The monoisotopic (exact) mass is 543 g/mol. The van der Waals surface area contributed by atoms with Gasteiger partial charge in [0.15, 0.2) is 6.61 Å². The number of nitrogens with two attached hydrogens (primary N) is 1. The van der Waals surface area contributed by atoms with Crippen LogP contribution in [0.3, 0.4) is 0 Å². The highest BCUT2D eigenvalue weighted by Crippen LogP contribution is 2.25. The Morgan fingerprint density at radius 3 is 2.50 bits per heavy atom. The molecule has 0 aliphatic carbocycles. The van der Waals surface area contributed by atoms with E-state index in [-0.39, 0.29) is 30.4 Å². The van der Waals surface area contributed by atoms with Crippen LogP contribution in [0, 0.1) is 0 Å². The van der Waals surface area contributed by atoms with E-state index in [4.69, 9.17) is 21.5 Å². The lowest BCUT2D eigenvalue weighted by atomic mass is 10.1. The largest absolute Gasteiger partial charge is 0.483 e. The van der Waals surface area contributed by atoms with Gasteiger partial charge in [0.1, 0.15) is 5.75 Å². The standard InChI is InChI=1S/C22H27BrClN3O4S/c1-15-11-27(16(2)10-26(15)12-17-3-6-20(24)7-4-17)22(28)13-31-21-8-5-19(23)9-18(21)14-32(25,29)30/h3-9,15-16H,10-14H2,1-2H3,(H2,25,29,30). The minimum Gasteiger partial charge on any atom is -0.483 e. The predicted octanol–water partition coefficient (Wildman–Crippen LogP) is 3.39. The molecular weight excluding hydrogens is 518 g/mol. The summed E-state index contributed by atoms with van der Waals surface area (Å²) >= 11 is 9.29. The van der Waals surface area contributed by atoms with Crippen molar-refractivity contribution >= 4 is 43.5 Å². The molecule has 2 N–H and O–H groups in total. The van der Waals surface area contributed by atoms with E-state index in [0.29, 0.717) is 27.4 Å². The number of carbonyl (C=O) groups excluding carboxylic acids is 1. The van der Waals surface area contributed by atoms with E-state index < -0.39 is 10.0 Å². The Bertz CT molecular complexity index is 1070. The SMILES string of the molecule is CC1CN(C(=O)COc2ccc(Br)cc2CS(N)(=O)=O)C(C)CN1Cc1ccc(Cl)cc1. The molecule has 0 radical (unpaired) electrons. The van der Waals surface area contributed by atoms with Crippen LogP contribution in [-0.2, 0) is 27.1 Å². The molecule has 2 aromatic carbocycles. The van der Waals surface area contributed by atoms with Crippen molar-refractivity contribution in [3.8, 4) is 5.75 Å². The van der Waals surface area contributed by atoms with Crippen LogP contribution in [0.15, 0.2) is 46.9 Å². The molecule has 174 valence electrons. The first-order valence-corrected chi connectivity index (χ1v) is 13.1. The highest BCUT2D eigenvalue weighted by molar-refractivity contribution is 9.10. The molecule has 1 amide bonds. The number of carbonyl (C=O) groups is 1. The quantitative estimate of drug-likeness (QED) is 0.577. The van der Waals surface area contributed by atoms with Crippen LogP contribution in [0.2, 0.25) is 5.02 Å². The Morgan fingerprint density at radius 2 is 1.84 bits per heavy atom. The van der Waals surface area contributed by atoms with Crippen LogP contribution in [0.25, 0.3) is 0 Å². The topological polar surface area (TPSA) is 92.9 Å². The average molecular weight is 545 g/mol. The van der Waals surface area contributed by atoms with Crippen LogP contribution in [0.1, 0.15) is 25.0 Å². The summed E-state index contributed by atoms with van der Waals surface area (Å²) in [6.07, 6.45) is 0. The van der Waals surface area contributed by atoms with Gasteiger partial charge < -0.3 is 9.64 Å². The number of hydrogen-bond acceptors (Lipinski definition) is 5. The fourth-order valence-corrected chi connectivity index (χ4v) is 5.02. The Hall–Kier alpha value is -1.65. The van der Waals surface area contributed by atoms with Crippen molar-refractivity contribution < 1.29 is 17.9 Å². The molecule has 0 spiro atoms. The summed E-state index contributed by atoms with van der Waals surface area (Å²) < 4.78 is 29.5. The van der Waals surface area contributed by atoms with Crippen LogP contribution in [0.5, 0.6) is 5.75 Å². The first-order chi connectivity index (χ1) is 15.0. The van der Waals surface area contributed by atoms with Gasteiger partial charge >= 0.3 is 0 Å². The number of amides is 1. The third-order valence-corrected chi connectivity index (χ3v) is 6.92. The molecular formula is C22H27BrClN3O4S. The lowest BCUT2D eigenvalue weighted by molar-refractivity contribution is -0.139. The zero-order chi connectivity index (χ0) is 23.5. The number of rotatable bonds is 7. The van der Waals surface area contributed by atoms with E-state index in [1.54, 1.807) is 18.2 Å². The van der Waals surface area contributed by atoms with Crippen LogP contribution >= 0.6 is 27.5 Å². The summed E-state index contributed by atoms with van der Waals surface area (Å²) in [5.41, 5.74) is 1.58. The first-order valence-electron chi connectivity index (χ1n) is 10.2. The van der Waals surface area contributed by atoms with Crippen molar-refractivity contribution in [2.45, 2.75) is 38.2 Å². The number of ether oxygens (including phenoxy) is 1. The highest BCUT2D eigenvalue weighted by atomic mass is 79.9. The number of benzene rings is 2. The normalized spacial score (nSPS) is 19.7. The minimum atomic E-state index is -3.73. The van der Waals surface area contributed by atoms with Crippen LogP contribution in [-0.4, -0.2) is 55.9 Å². The summed E-state index contributed by atoms with van der Waals surface area (Å²) in [6.45, 7) is 6.06. The van der Waals surface area contributed by atoms with E-state index in [0.717, 1.165) is 13.1 Å². The second kappa shape index (κ2) is 10.5. The summed E-state index contributed by atoms with van der Waals surface area (Å²) in [5.74, 6) is -0.176. The molecule has 10 heteroatoms. The van der Waals surface area contributed by atoms with Crippen LogP contribution < -0.4 is 9.88 Å². The Labute approximate surface area is 202 Å². The smallest absolute Gasteiger partial charge is 0.260 e. The lowest BCUT2D eigenvalue weighted by Gasteiger charge is -2.44. The van der Waals surface area contributed by atoms with Gasteiger partial charge in [0.2, 0.25) is 10.0 Å². The number of sulfonamides is 1. The molecule has 1 aliphatic rings. The average Bonchev–Trinajstić information content (AvgIpc) is 2.70. The summed E-state index contributed by atoms with van der Waals surface area (Å²) in [5, 5.41) is 5.89. The number of nitrogens with zero attached hydrogens (tertiary/aromatic N) is 2. The predicted molar refractivity (Wildman–Crippen MR) is 129 cm³/mol. The van der Waals surface area contributed by atoms with Gasteiger partial charge in [0.05, 0.1) is 5.75 Å². The second-order valence-corrected chi connectivity index (χ2v) is 11.1. The summed E-state index contributed by atoms with van der Waals surface area (Å²) in [6, 6.07) is 13.0. The molecule has 1 saturated heterocycles. The molecule has 0 saturated carbocycles. The van der Waals surface area contributed by atoms with Gasteiger partial charge in [-0.15, -0.1) is 0 Å². The molecule has 3 rings (SSSR count). The minimum absolute atomic E-state index is 0.0170. The molecule has 0 bridgehead atoms. The highest BCUT2D eigenvalue weighted by Gasteiger charge is 2.32. The maximum Gasteiger partial charge on any atom is 0.260 e. The fourth-order valence-electron chi connectivity index (χ4n) is 3.83. The van der Waals surface area contributed by atoms with Gasteiger partial charge in [0.25, 0.3) is 5.91 Å². The second-order valence-electron chi connectivity index (χ2n) is 8.15. The summed E-state index contributed by atoms with van der Waals surface area (Å²) in [7, 11) is -3.73. The van der Waals surface area contributed by atoms with Gasteiger partial charge in [-0.1, -0.05) is 39.7 Å². The van der Waals surface area contributed by atoms with Crippen molar-refractivity contribution in [3.63, 3.8) is 0 Å². The van der Waals surface area contributed by atoms with Crippen LogP contribution in [0.4, 0.5) is 0 Å². The van der Waals surface area contributed by atoms with E-state index in [9.17, 15) is 13.2 Å². The van der Waals surface area contributed by atoms with Gasteiger partial charge in [0, 0.05) is 46.8 Å². The van der Waals surface area contributed by atoms with Crippen molar-refractivity contribution in [2.75, 3.05) is 19.7 Å². The zero-order valence-electron chi connectivity index (χ0n) is 18.0. The molecule has 32 heavy (non-hydrogen) atoms. The maximum absolute atomic E-state index is 12.9. The van der Waals surface area contributed by atoms with Crippen molar-refractivity contribution in [2.24, 2.45) is 5.14 Å². The Morgan fingerprint density at radius 1 is 1.16 bits per heavy atom. The zero-order valence-corrected chi connectivity index (χ0v) is 21.2. The van der Waals surface area contributed by atoms with Crippen molar-refractivity contribution in [1.29, 1.82) is 0 Å². The van der Waals surface area contributed by atoms with Gasteiger partial charge in [-0.25, -0.2) is 13.6 Å². The molecule has 2 atom stereocenters. The van der Waals surface area contributed by atoms with Gasteiger partial charge in [-0.3, -0.25) is 9.69 Å². The van der Waals surface area contributed by atoms with Gasteiger partial charge in [-0.2, -0.15) is 0 Å². The molecule has 0 aromatic heterocycles. The number of primary sulfonamides is 1. The number of halogens is 2. The third-order valence-electron chi connectivity index (χ3n) is 5.46. The molecule has 7 nitrogen and oxygen atoms in total. The molecule has 1 fully saturated rings. The third kappa shape index (κ3) is 6.92. The van der Waals surface area contributed by atoms with E-state index in [2.05, 4.69) is 27.8 Å². The fraction of sp³-hybridized carbons (Fsp3) is 0.409. The van der Waals surface area contributed by atoms with E-state index in [1.165, 1.54) is 5.56 Å². The molecule has 1 heterocycles. The molecule has 2 unspecified atom stereocenters. The number of piperazine rings is 1. The Balaban J connectivity index is 1.61. The molecule has 2 aromatic rings. The maximum atomic E-state index is 12.9. The van der Waals surface area contributed by atoms with Crippen molar-refractivity contribution in [1.82, 2.24) is 9.80 Å². The number of hydrogen-bond donors (Lipinski definition) is 1.